The summed E-state index contributed by atoms with van der Waals surface area (Å²) in [5.74, 6) is -0.408. The topological polar surface area (TPSA) is 98.6 Å². The van der Waals surface area contributed by atoms with Crippen LogP contribution >= 0.6 is 0 Å². The molecule has 0 saturated carbocycles. The van der Waals surface area contributed by atoms with Crippen molar-refractivity contribution >= 4 is 11.7 Å². The minimum atomic E-state index is -1.04. The van der Waals surface area contributed by atoms with Gasteiger partial charge in [-0.2, -0.15) is 0 Å². The van der Waals surface area contributed by atoms with Crippen molar-refractivity contribution in [3.63, 3.8) is 0 Å². The number of hydrogen-bond donors (Lipinski definition) is 3. The van der Waals surface area contributed by atoms with Gasteiger partial charge in [0, 0.05) is 12.1 Å². The molecule has 0 spiro atoms. The van der Waals surface area contributed by atoms with Gasteiger partial charge in [-0.25, -0.2) is 0 Å². The van der Waals surface area contributed by atoms with Gasteiger partial charge < -0.3 is 21.3 Å². The molecule has 0 amide bonds. The lowest BCUT2D eigenvalue weighted by Crippen LogP contribution is -2.32. The largest absolute Gasteiger partial charge is 0.497 e. The third kappa shape index (κ3) is 2.85. The van der Waals surface area contributed by atoms with Gasteiger partial charge in [0.15, 0.2) is 0 Å². The monoisotopic (exact) mass is 210 g/mol. The minimum absolute atomic E-state index is 0.193. The second kappa shape index (κ2) is 4.65. The van der Waals surface area contributed by atoms with Crippen molar-refractivity contribution < 1.29 is 14.6 Å². The van der Waals surface area contributed by atoms with E-state index >= 15 is 0 Å². The molecule has 0 aliphatic rings. The molecule has 82 valence electrons. The summed E-state index contributed by atoms with van der Waals surface area (Å²) in [6.07, 6.45) is 0.193. The second-order valence-corrected chi connectivity index (χ2v) is 3.21. The summed E-state index contributed by atoms with van der Waals surface area (Å²) in [5.41, 5.74) is 12.3. The molecule has 15 heavy (non-hydrogen) atoms. The molecular weight excluding hydrogens is 196 g/mol. The Labute approximate surface area is 87.6 Å². The zero-order valence-corrected chi connectivity index (χ0v) is 8.43. The lowest BCUT2D eigenvalue weighted by molar-refractivity contribution is -0.138. The number of methoxy groups -OCH3 is 1. The van der Waals surface area contributed by atoms with Crippen molar-refractivity contribution in [2.24, 2.45) is 5.73 Å². The molecule has 5 nitrogen and oxygen atoms in total. The lowest BCUT2D eigenvalue weighted by Gasteiger charge is -2.10. The predicted molar refractivity (Wildman–Crippen MR) is 56.7 cm³/mol. The molecule has 0 saturated heterocycles. The average molecular weight is 210 g/mol. The zero-order valence-electron chi connectivity index (χ0n) is 8.43. The fourth-order valence-electron chi connectivity index (χ4n) is 1.21. The Kier molecular flexibility index (Phi) is 3.51. The van der Waals surface area contributed by atoms with Gasteiger partial charge in [0.25, 0.3) is 0 Å². The smallest absolute Gasteiger partial charge is 0.320 e. The summed E-state index contributed by atoms with van der Waals surface area (Å²) in [5, 5.41) is 8.66. The Morgan fingerprint density at radius 1 is 1.60 bits per heavy atom. The molecule has 5 heteroatoms. The van der Waals surface area contributed by atoms with E-state index in [1.165, 1.54) is 7.11 Å². The van der Waals surface area contributed by atoms with Crippen LogP contribution in [0.4, 0.5) is 5.69 Å². The number of benzene rings is 1. The summed E-state index contributed by atoms with van der Waals surface area (Å²) in [4.78, 5) is 10.6. The summed E-state index contributed by atoms with van der Waals surface area (Å²) in [6.45, 7) is 0. The van der Waals surface area contributed by atoms with Crippen molar-refractivity contribution in [2.45, 2.75) is 12.5 Å². The highest BCUT2D eigenvalue weighted by Gasteiger charge is 2.14. The second-order valence-electron chi connectivity index (χ2n) is 3.21. The number of anilines is 1. The van der Waals surface area contributed by atoms with Gasteiger partial charge in [0.2, 0.25) is 0 Å². The Hall–Kier alpha value is -1.75. The molecule has 1 atom stereocenters. The quantitative estimate of drug-likeness (QED) is 0.618. The Morgan fingerprint density at radius 3 is 2.80 bits per heavy atom. The number of hydrogen-bond acceptors (Lipinski definition) is 4. The van der Waals surface area contributed by atoms with Crippen molar-refractivity contribution in [1.82, 2.24) is 0 Å². The van der Waals surface area contributed by atoms with E-state index in [1.54, 1.807) is 18.2 Å². The van der Waals surface area contributed by atoms with Gasteiger partial charge in [0.1, 0.15) is 11.8 Å². The molecule has 1 aromatic carbocycles. The third-order valence-corrected chi connectivity index (χ3v) is 2.11. The fraction of sp³-hybridized carbons (Fsp3) is 0.300. The normalized spacial score (nSPS) is 12.1. The van der Waals surface area contributed by atoms with Gasteiger partial charge in [0.05, 0.1) is 7.11 Å². The van der Waals surface area contributed by atoms with Crippen LogP contribution in [0.1, 0.15) is 5.56 Å². The van der Waals surface area contributed by atoms with Crippen LogP contribution < -0.4 is 16.2 Å². The summed E-state index contributed by atoms with van der Waals surface area (Å²) < 4.78 is 5.01. The van der Waals surface area contributed by atoms with E-state index in [0.717, 1.165) is 0 Å². The van der Waals surface area contributed by atoms with E-state index < -0.39 is 12.0 Å². The van der Waals surface area contributed by atoms with Gasteiger partial charge in [-0.1, -0.05) is 0 Å². The van der Waals surface area contributed by atoms with Crippen LogP contribution in [0.5, 0.6) is 5.75 Å². The Balaban J connectivity index is 2.88. The molecule has 0 heterocycles. The van der Waals surface area contributed by atoms with Crippen LogP contribution in [-0.4, -0.2) is 24.2 Å². The van der Waals surface area contributed by atoms with E-state index in [4.69, 9.17) is 21.3 Å². The van der Waals surface area contributed by atoms with Crippen LogP contribution in [0.25, 0.3) is 0 Å². The van der Waals surface area contributed by atoms with Crippen molar-refractivity contribution in [3.05, 3.63) is 23.8 Å². The number of carboxylic acids is 1. The average Bonchev–Trinajstić information content (AvgIpc) is 2.21. The highest BCUT2D eigenvalue weighted by Crippen LogP contribution is 2.20. The van der Waals surface area contributed by atoms with E-state index in [1.807, 2.05) is 0 Å². The van der Waals surface area contributed by atoms with Crippen molar-refractivity contribution in [1.29, 1.82) is 0 Å². The molecule has 0 bridgehead atoms. The van der Waals surface area contributed by atoms with Crippen molar-refractivity contribution in [3.8, 4) is 5.75 Å². The van der Waals surface area contributed by atoms with Gasteiger partial charge in [-0.05, 0) is 23.8 Å². The van der Waals surface area contributed by atoms with E-state index in [9.17, 15) is 4.79 Å². The van der Waals surface area contributed by atoms with Crippen LogP contribution in [-0.2, 0) is 11.2 Å². The standard InChI is InChI=1S/C10H14N2O3/c1-15-7-2-3-8(11)6(4-7)5-9(12)10(13)14/h2-4,9H,5,11-12H2,1H3,(H,13,14). The summed E-state index contributed by atoms with van der Waals surface area (Å²) >= 11 is 0. The number of aliphatic carboxylic acids is 1. The molecule has 1 rings (SSSR count). The Morgan fingerprint density at radius 2 is 2.27 bits per heavy atom. The zero-order chi connectivity index (χ0) is 11.4. The van der Waals surface area contributed by atoms with Gasteiger partial charge in [-0.3, -0.25) is 4.79 Å². The first-order chi connectivity index (χ1) is 7.04. The first kappa shape index (κ1) is 11.3. The molecule has 0 fully saturated rings. The molecule has 0 aliphatic heterocycles. The van der Waals surface area contributed by atoms with E-state index in [2.05, 4.69) is 0 Å². The van der Waals surface area contributed by atoms with Crippen LogP contribution in [0, 0.1) is 0 Å². The molecule has 1 aromatic rings. The van der Waals surface area contributed by atoms with Crippen LogP contribution in [0.3, 0.4) is 0 Å². The lowest BCUT2D eigenvalue weighted by atomic mass is 10.0. The number of carboxylic acid groups (broad SMARTS) is 1. The van der Waals surface area contributed by atoms with E-state index in [-0.39, 0.29) is 6.42 Å². The molecular formula is C10H14N2O3. The first-order valence-electron chi connectivity index (χ1n) is 4.45. The van der Waals surface area contributed by atoms with Gasteiger partial charge >= 0.3 is 5.97 Å². The SMILES string of the molecule is COc1ccc(N)c(CC(N)C(=O)O)c1. The highest BCUT2D eigenvalue weighted by molar-refractivity contribution is 5.74. The predicted octanol–water partition coefficient (Wildman–Crippen LogP) is 0.232. The Bertz CT molecular complexity index is 366. The molecule has 5 N–H and O–H groups in total. The number of nitrogens with two attached hydrogens (primary N) is 2. The third-order valence-electron chi connectivity index (χ3n) is 2.11. The first-order valence-corrected chi connectivity index (χ1v) is 4.45. The maximum Gasteiger partial charge on any atom is 0.320 e. The molecule has 0 radical (unpaired) electrons. The summed E-state index contributed by atoms with van der Waals surface area (Å²) in [6, 6.07) is 4.13. The number of nitrogen functional groups attached to an aromatic ring is 1. The maximum absolute atomic E-state index is 10.6. The number of carbonyl (C=O) groups is 1. The molecule has 1 unspecified atom stereocenters. The molecule has 0 aliphatic carbocycles. The van der Waals surface area contributed by atoms with Crippen LogP contribution in [0.15, 0.2) is 18.2 Å². The van der Waals surface area contributed by atoms with Crippen LogP contribution in [0.2, 0.25) is 0 Å². The van der Waals surface area contributed by atoms with Gasteiger partial charge in [-0.15, -0.1) is 0 Å². The fourth-order valence-corrected chi connectivity index (χ4v) is 1.21. The summed E-state index contributed by atoms with van der Waals surface area (Å²) in [7, 11) is 1.53. The number of ether oxygens (including phenoxy) is 1. The van der Waals surface area contributed by atoms with E-state index in [0.29, 0.717) is 17.0 Å². The number of rotatable bonds is 4. The molecule has 0 aromatic heterocycles. The van der Waals surface area contributed by atoms with Crippen molar-refractivity contribution in [2.75, 3.05) is 12.8 Å². The highest BCUT2D eigenvalue weighted by atomic mass is 16.5. The minimum Gasteiger partial charge on any atom is -0.497 e. The maximum atomic E-state index is 10.6.